The van der Waals surface area contributed by atoms with Gasteiger partial charge in [0.25, 0.3) is 0 Å². The molecule has 2 aromatic rings. The van der Waals surface area contributed by atoms with Crippen LogP contribution in [0.1, 0.15) is 21.7 Å². The minimum Gasteiger partial charge on any atom is -0.253 e. The van der Waals surface area contributed by atoms with E-state index in [-0.39, 0.29) is 0 Å². The lowest BCUT2D eigenvalue weighted by molar-refractivity contribution is 1.20. The van der Waals surface area contributed by atoms with E-state index >= 15 is 0 Å². The molecule has 17 heavy (non-hydrogen) atoms. The van der Waals surface area contributed by atoms with Crippen molar-refractivity contribution >= 4 is 22.7 Å². The lowest BCUT2D eigenvalue weighted by Crippen LogP contribution is -1.90. The van der Waals surface area contributed by atoms with Gasteiger partial charge in [0.05, 0.1) is 11.9 Å². The van der Waals surface area contributed by atoms with Crippen molar-refractivity contribution in [3.05, 3.63) is 46.0 Å². The van der Waals surface area contributed by atoms with Crippen LogP contribution < -0.4 is 5.43 Å². The minimum atomic E-state index is 0.836. The molecule has 0 fully saturated rings. The number of nitrogens with one attached hydrogen (secondary N) is 1. The Labute approximate surface area is 105 Å². The van der Waals surface area contributed by atoms with Crippen molar-refractivity contribution in [2.45, 2.75) is 20.8 Å². The van der Waals surface area contributed by atoms with Crippen LogP contribution in [0.2, 0.25) is 0 Å². The third kappa shape index (κ3) is 3.14. The van der Waals surface area contributed by atoms with Crippen LogP contribution in [0.15, 0.2) is 29.4 Å². The molecule has 0 aliphatic carbocycles. The molecule has 0 spiro atoms. The predicted molar refractivity (Wildman–Crippen MR) is 74.0 cm³/mol. The Morgan fingerprint density at radius 2 is 1.88 bits per heavy atom. The van der Waals surface area contributed by atoms with Crippen LogP contribution >= 0.6 is 11.3 Å². The number of nitrogens with zero attached hydrogens (tertiary/aromatic N) is 2. The van der Waals surface area contributed by atoms with Crippen LogP contribution in [0.4, 0.5) is 5.13 Å². The van der Waals surface area contributed by atoms with Crippen LogP contribution in [0.5, 0.6) is 0 Å². The fraction of sp³-hybridized carbons (Fsp3) is 0.231. The highest BCUT2D eigenvalue weighted by atomic mass is 32.1. The van der Waals surface area contributed by atoms with E-state index in [0.717, 1.165) is 16.4 Å². The summed E-state index contributed by atoms with van der Waals surface area (Å²) in [7, 11) is 0. The van der Waals surface area contributed by atoms with Crippen LogP contribution in [0, 0.1) is 20.8 Å². The summed E-state index contributed by atoms with van der Waals surface area (Å²) in [6.45, 7) is 6.13. The van der Waals surface area contributed by atoms with Gasteiger partial charge in [-0.15, -0.1) is 11.3 Å². The zero-order valence-electron chi connectivity index (χ0n) is 10.2. The molecule has 3 nitrogen and oxygen atoms in total. The van der Waals surface area contributed by atoms with Gasteiger partial charge in [-0.1, -0.05) is 29.8 Å². The summed E-state index contributed by atoms with van der Waals surface area (Å²) in [6, 6.07) is 8.22. The molecule has 0 amide bonds. The van der Waals surface area contributed by atoms with Crippen LogP contribution in [0.3, 0.4) is 0 Å². The van der Waals surface area contributed by atoms with E-state index < -0.39 is 0 Å². The first-order chi connectivity index (χ1) is 8.15. The highest BCUT2D eigenvalue weighted by molar-refractivity contribution is 7.15. The van der Waals surface area contributed by atoms with Gasteiger partial charge in [0.2, 0.25) is 5.13 Å². The highest BCUT2D eigenvalue weighted by Gasteiger charge is 2.00. The summed E-state index contributed by atoms with van der Waals surface area (Å²) in [5.74, 6) is 0. The Morgan fingerprint density at radius 1 is 1.18 bits per heavy atom. The van der Waals surface area contributed by atoms with E-state index in [1.54, 1.807) is 17.6 Å². The molecule has 0 unspecified atom stereocenters. The van der Waals surface area contributed by atoms with Gasteiger partial charge in [0.1, 0.15) is 0 Å². The number of aryl methyl sites for hydroxylation is 3. The van der Waals surface area contributed by atoms with Crippen molar-refractivity contribution in [3.8, 4) is 0 Å². The van der Waals surface area contributed by atoms with Crippen molar-refractivity contribution in [2.75, 3.05) is 5.43 Å². The molecule has 0 bridgehead atoms. The minimum absolute atomic E-state index is 0.836. The van der Waals surface area contributed by atoms with Crippen LogP contribution in [0.25, 0.3) is 0 Å². The Morgan fingerprint density at radius 3 is 2.47 bits per heavy atom. The first-order valence-corrected chi connectivity index (χ1v) is 6.26. The average molecular weight is 245 g/mol. The van der Waals surface area contributed by atoms with Crippen molar-refractivity contribution < 1.29 is 0 Å². The Hall–Kier alpha value is -1.68. The number of benzene rings is 1. The Kier molecular flexibility index (Phi) is 3.54. The topological polar surface area (TPSA) is 37.3 Å². The van der Waals surface area contributed by atoms with Gasteiger partial charge in [-0.05, 0) is 26.3 Å². The van der Waals surface area contributed by atoms with Gasteiger partial charge in [0.15, 0.2) is 0 Å². The van der Waals surface area contributed by atoms with Gasteiger partial charge in [-0.2, -0.15) is 5.10 Å². The Bertz CT molecular complexity index is 507. The number of thiazole rings is 1. The second-order valence-corrected chi connectivity index (χ2v) is 5.14. The number of anilines is 1. The predicted octanol–water partition coefficient (Wildman–Crippen LogP) is 3.51. The zero-order chi connectivity index (χ0) is 12.3. The summed E-state index contributed by atoms with van der Waals surface area (Å²) < 4.78 is 0. The summed E-state index contributed by atoms with van der Waals surface area (Å²) in [4.78, 5) is 5.57. The number of hydrazone groups is 1. The molecule has 2 rings (SSSR count). The summed E-state index contributed by atoms with van der Waals surface area (Å²) >= 11 is 1.62. The maximum atomic E-state index is 4.35. The molecule has 88 valence electrons. The molecular weight excluding hydrogens is 230 g/mol. The van der Waals surface area contributed by atoms with Gasteiger partial charge in [-0.25, -0.2) is 4.98 Å². The maximum absolute atomic E-state index is 4.35. The first kappa shape index (κ1) is 11.8. The second kappa shape index (κ2) is 5.10. The molecule has 1 aromatic carbocycles. The van der Waals surface area contributed by atoms with Crippen LogP contribution in [-0.2, 0) is 0 Å². The lowest BCUT2D eigenvalue weighted by Gasteiger charge is -1.95. The van der Waals surface area contributed by atoms with Gasteiger partial charge in [0, 0.05) is 4.88 Å². The first-order valence-electron chi connectivity index (χ1n) is 5.45. The molecule has 1 aromatic heterocycles. The van der Waals surface area contributed by atoms with E-state index in [1.165, 1.54) is 10.4 Å². The molecule has 4 heteroatoms. The van der Waals surface area contributed by atoms with Gasteiger partial charge >= 0.3 is 0 Å². The second-order valence-electron chi connectivity index (χ2n) is 3.94. The van der Waals surface area contributed by atoms with Crippen molar-refractivity contribution in [1.82, 2.24) is 4.98 Å². The molecule has 0 radical (unpaired) electrons. The van der Waals surface area contributed by atoms with E-state index in [1.807, 2.05) is 19.1 Å². The summed E-state index contributed by atoms with van der Waals surface area (Å²) in [6.07, 6.45) is 1.80. The summed E-state index contributed by atoms with van der Waals surface area (Å²) in [5, 5.41) is 5.01. The number of hydrogen-bond acceptors (Lipinski definition) is 4. The third-order valence-electron chi connectivity index (χ3n) is 2.48. The smallest absolute Gasteiger partial charge is 0.203 e. The van der Waals surface area contributed by atoms with Crippen LogP contribution in [-0.4, -0.2) is 11.2 Å². The molecule has 0 atom stereocenters. The zero-order valence-corrected chi connectivity index (χ0v) is 11.0. The van der Waals surface area contributed by atoms with Crippen molar-refractivity contribution in [1.29, 1.82) is 0 Å². The molecule has 1 heterocycles. The van der Waals surface area contributed by atoms with E-state index in [9.17, 15) is 0 Å². The summed E-state index contributed by atoms with van der Waals surface area (Å²) in [5.41, 5.74) is 6.33. The highest BCUT2D eigenvalue weighted by Crippen LogP contribution is 2.20. The number of aromatic nitrogens is 1. The normalized spacial score (nSPS) is 11.0. The van der Waals surface area contributed by atoms with Crippen molar-refractivity contribution in [2.24, 2.45) is 5.10 Å². The Balaban J connectivity index is 2.00. The van der Waals surface area contributed by atoms with Crippen molar-refractivity contribution in [3.63, 3.8) is 0 Å². The number of hydrogen-bond donors (Lipinski definition) is 1. The van der Waals surface area contributed by atoms with E-state index in [2.05, 4.69) is 41.5 Å². The molecule has 0 aliphatic rings. The largest absolute Gasteiger partial charge is 0.253 e. The standard InChI is InChI=1S/C13H15N3S/c1-9-4-6-12(7-5-9)8-14-16-13-15-10(2)11(3)17-13/h4-8H,1-3H3,(H,15,16). The maximum Gasteiger partial charge on any atom is 0.203 e. The van der Waals surface area contributed by atoms with Gasteiger partial charge < -0.3 is 0 Å². The van der Waals surface area contributed by atoms with E-state index in [0.29, 0.717) is 0 Å². The fourth-order valence-electron chi connectivity index (χ4n) is 1.34. The third-order valence-corrected chi connectivity index (χ3v) is 3.46. The molecule has 0 aliphatic heterocycles. The number of rotatable bonds is 3. The van der Waals surface area contributed by atoms with E-state index in [4.69, 9.17) is 0 Å². The molecular formula is C13H15N3S. The average Bonchev–Trinajstić information content (AvgIpc) is 2.61. The lowest BCUT2D eigenvalue weighted by atomic mass is 10.2. The van der Waals surface area contributed by atoms with Gasteiger partial charge in [-0.3, -0.25) is 5.43 Å². The quantitative estimate of drug-likeness (QED) is 0.663. The molecule has 0 saturated heterocycles. The monoisotopic (exact) mass is 245 g/mol. The molecule has 0 saturated carbocycles. The molecule has 1 N–H and O–H groups in total. The SMILES string of the molecule is Cc1ccc(C=NNc2nc(C)c(C)s2)cc1. The fourth-order valence-corrected chi connectivity index (χ4v) is 2.10.